The number of hydrogen-bond acceptors (Lipinski definition) is 6. The third kappa shape index (κ3) is 2.77. The highest BCUT2D eigenvalue weighted by molar-refractivity contribution is 5.82. The third-order valence-corrected chi connectivity index (χ3v) is 3.46. The Balaban J connectivity index is 1.58. The number of fused-ring (bicyclic) bond motifs is 1. The Morgan fingerprint density at radius 2 is 1.79 bits per heavy atom. The van der Waals surface area contributed by atoms with Crippen molar-refractivity contribution in [3.63, 3.8) is 0 Å². The van der Waals surface area contributed by atoms with Crippen molar-refractivity contribution in [1.29, 1.82) is 0 Å². The van der Waals surface area contributed by atoms with Crippen molar-refractivity contribution >= 4 is 11.0 Å². The first-order valence-electron chi connectivity index (χ1n) is 7.33. The molecule has 6 heteroatoms. The zero-order chi connectivity index (χ0) is 16.4. The molecule has 4 rings (SSSR count). The summed E-state index contributed by atoms with van der Waals surface area (Å²) in [6.45, 7) is 0.0628. The van der Waals surface area contributed by atoms with E-state index in [0.29, 0.717) is 28.4 Å². The molecule has 0 saturated carbocycles. The van der Waals surface area contributed by atoms with Gasteiger partial charge in [-0.25, -0.2) is 4.79 Å². The summed E-state index contributed by atoms with van der Waals surface area (Å²) in [6, 6.07) is 18.0. The van der Waals surface area contributed by atoms with E-state index >= 15 is 0 Å². The predicted octanol–water partition coefficient (Wildman–Crippen LogP) is 3.42. The summed E-state index contributed by atoms with van der Waals surface area (Å²) in [4.78, 5) is 15.9. The number of para-hydroxylation sites is 1. The lowest BCUT2D eigenvalue weighted by atomic mass is 10.2. The van der Waals surface area contributed by atoms with Gasteiger partial charge in [0.05, 0.1) is 11.5 Å². The normalized spacial score (nSPS) is 10.8. The fraction of sp³-hybridized carbons (Fsp3) is 0.0556. The minimum absolute atomic E-state index is 0.0628. The van der Waals surface area contributed by atoms with Gasteiger partial charge in [0, 0.05) is 5.56 Å². The van der Waals surface area contributed by atoms with Crippen LogP contribution < -0.4 is 10.4 Å². The fourth-order valence-corrected chi connectivity index (χ4v) is 2.36. The van der Waals surface area contributed by atoms with Crippen molar-refractivity contribution in [2.24, 2.45) is 0 Å². The van der Waals surface area contributed by atoms with Gasteiger partial charge in [0.15, 0.2) is 6.61 Å². The van der Waals surface area contributed by atoms with Crippen LogP contribution in [0.2, 0.25) is 0 Å². The lowest BCUT2D eigenvalue weighted by Crippen LogP contribution is -2.02. The van der Waals surface area contributed by atoms with E-state index in [2.05, 4.69) is 10.1 Å². The van der Waals surface area contributed by atoms with Gasteiger partial charge in [-0.1, -0.05) is 47.6 Å². The van der Waals surface area contributed by atoms with Crippen molar-refractivity contribution in [3.05, 3.63) is 77.0 Å². The van der Waals surface area contributed by atoms with E-state index in [9.17, 15) is 4.79 Å². The SMILES string of the molecule is O=c1cc(OCc2nc(-c3ccccc3)no2)c2ccccc2o1. The highest BCUT2D eigenvalue weighted by Crippen LogP contribution is 2.24. The second-order valence-corrected chi connectivity index (χ2v) is 5.09. The van der Waals surface area contributed by atoms with Crippen LogP contribution in [0, 0.1) is 0 Å². The van der Waals surface area contributed by atoms with Crippen LogP contribution in [0.15, 0.2) is 74.4 Å². The molecule has 0 radical (unpaired) electrons. The van der Waals surface area contributed by atoms with E-state index in [1.165, 1.54) is 6.07 Å². The van der Waals surface area contributed by atoms with Crippen molar-refractivity contribution in [2.45, 2.75) is 6.61 Å². The topological polar surface area (TPSA) is 78.4 Å². The standard InChI is InChI=1S/C18H12N2O4/c21-17-10-15(13-8-4-5-9-14(13)23-17)22-11-16-19-18(20-24-16)12-6-2-1-3-7-12/h1-10H,11H2. The molecule has 0 unspecified atom stereocenters. The Hall–Kier alpha value is -3.41. The second-order valence-electron chi connectivity index (χ2n) is 5.09. The quantitative estimate of drug-likeness (QED) is 0.536. The minimum atomic E-state index is -0.473. The van der Waals surface area contributed by atoms with E-state index in [4.69, 9.17) is 13.7 Å². The first-order chi connectivity index (χ1) is 11.8. The highest BCUT2D eigenvalue weighted by atomic mass is 16.5. The van der Waals surface area contributed by atoms with Crippen molar-refractivity contribution < 1.29 is 13.7 Å². The van der Waals surface area contributed by atoms with Gasteiger partial charge >= 0.3 is 5.63 Å². The number of ether oxygens (including phenoxy) is 1. The van der Waals surface area contributed by atoms with Crippen molar-refractivity contribution in [1.82, 2.24) is 10.1 Å². The Morgan fingerprint density at radius 3 is 2.67 bits per heavy atom. The first kappa shape index (κ1) is 14.2. The van der Waals surface area contributed by atoms with Gasteiger partial charge in [0.2, 0.25) is 5.82 Å². The summed E-state index contributed by atoms with van der Waals surface area (Å²) in [5.41, 5.74) is 0.855. The molecular weight excluding hydrogens is 308 g/mol. The summed E-state index contributed by atoms with van der Waals surface area (Å²) in [5.74, 6) is 1.24. The van der Waals surface area contributed by atoms with Gasteiger partial charge in [-0.15, -0.1) is 0 Å². The molecule has 24 heavy (non-hydrogen) atoms. The van der Waals surface area contributed by atoms with E-state index < -0.39 is 5.63 Å². The largest absolute Gasteiger partial charge is 0.483 e. The average molecular weight is 320 g/mol. The summed E-state index contributed by atoms with van der Waals surface area (Å²) in [5, 5.41) is 4.64. The molecule has 0 bridgehead atoms. The third-order valence-electron chi connectivity index (χ3n) is 3.46. The molecule has 0 atom stereocenters. The smallest absolute Gasteiger partial charge is 0.339 e. The minimum Gasteiger partial charge on any atom is -0.483 e. The molecule has 0 aliphatic carbocycles. The van der Waals surface area contributed by atoms with Crippen LogP contribution in [0.3, 0.4) is 0 Å². The monoisotopic (exact) mass is 320 g/mol. The van der Waals surface area contributed by atoms with Crippen LogP contribution in [0.25, 0.3) is 22.4 Å². The fourth-order valence-electron chi connectivity index (χ4n) is 2.36. The van der Waals surface area contributed by atoms with E-state index in [-0.39, 0.29) is 6.61 Å². The molecule has 118 valence electrons. The number of aromatic nitrogens is 2. The Kier molecular flexibility index (Phi) is 3.55. The van der Waals surface area contributed by atoms with Crippen LogP contribution in [0.1, 0.15) is 5.89 Å². The van der Waals surface area contributed by atoms with Crippen molar-refractivity contribution in [2.75, 3.05) is 0 Å². The molecule has 0 aliphatic rings. The molecule has 0 saturated heterocycles. The van der Waals surface area contributed by atoms with E-state index in [1.54, 1.807) is 12.1 Å². The van der Waals surface area contributed by atoms with Gasteiger partial charge in [-0.2, -0.15) is 4.98 Å². The van der Waals surface area contributed by atoms with Crippen LogP contribution in [-0.2, 0) is 6.61 Å². The van der Waals surface area contributed by atoms with E-state index in [0.717, 1.165) is 5.56 Å². The summed E-state index contributed by atoms with van der Waals surface area (Å²) < 4.78 is 16.0. The van der Waals surface area contributed by atoms with Crippen LogP contribution in [-0.4, -0.2) is 10.1 Å². The summed E-state index contributed by atoms with van der Waals surface area (Å²) in [7, 11) is 0. The Bertz CT molecular complexity index is 1040. The molecular formula is C18H12N2O4. The van der Waals surface area contributed by atoms with Gasteiger partial charge in [0.1, 0.15) is 11.3 Å². The average Bonchev–Trinajstić information content (AvgIpc) is 3.09. The number of rotatable bonds is 4. The number of benzene rings is 2. The summed E-state index contributed by atoms with van der Waals surface area (Å²) in [6.07, 6.45) is 0. The van der Waals surface area contributed by atoms with Crippen LogP contribution in [0.4, 0.5) is 0 Å². The highest BCUT2D eigenvalue weighted by Gasteiger charge is 2.11. The van der Waals surface area contributed by atoms with Gasteiger partial charge < -0.3 is 13.7 Å². The first-order valence-corrected chi connectivity index (χ1v) is 7.33. The summed E-state index contributed by atoms with van der Waals surface area (Å²) >= 11 is 0. The molecule has 0 aliphatic heterocycles. The zero-order valence-corrected chi connectivity index (χ0v) is 12.5. The molecule has 0 amide bonds. The maximum atomic E-state index is 11.6. The molecule has 0 fully saturated rings. The molecule has 0 spiro atoms. The lowest BCUT2D eigenvalue weighted by molar-refractivity contribution is 0.244. The van der Waals surface area contributed by atoms with Crippen molar-refractivity contribution in [3.8, 4) is 17.1 Å². The zero-order valence-electron chi connectivity index (χ0n) is 12.5. The van der Waals surface area contributed by atoms with Gasteiger partial charge in [-0.3, -0.25) is 0 Å². The number of hydrogen-bond donors (Lipinski definition) is 0. The lowest BCUT2D eigenvalue weighted by Gasteiger charge is -2.05. The second kappa shape index (κ2) is 6.00. The maximum absolute atomic E-state index is 11.6. The molecule has 4 aromatic rings. The van der Waals surface area contributed by atoms with Crippen LogP contribution >= 0.6 is 0 Å². The molecule has 2 aromatic carbocycles. The Labute approximate surface area is 136 Å². The van der Waals surface area contributed by atoms with Crippen LogP contribution in [0.5, 0.6) is 5.75 Å². The number of nitrogens with zero attached hydrogens (tertiary/aromatic N) is 2. The van der Waals surface area contributed by atoms with Gasteiger partial charge in [0.25, 0.3) is 5.89 Å². The maximum Gasteiger partial charge on any atom is 0.339 e. The van der Waals surface area contributed by atoms with E-state index in [1.807, 2.05) is 42.5 Å². The molecule has 0 N–H and O–H groups in total. The molecule has 2 heterocycles. The van der Waals surface area contributed by atoms with Gasteiger partial charge in [-0.05, 0) is 12.1 Å². The predicted molar refractivity (Wildman–Crippen MR) is 86.6 cm³/mol. The molecule has 6 nitrogen and oxygen atoms in total. The Morgan fingerprint density at radius 1 is 1.00 bits per heavy atom. The molecule has 2 aromatic heterocycles.